The van der Waals surface area contributed by atoms with Crippen molar-refractivity contribution in [1.29, 1.82) is 0 Å². The Morgan fingerprint density at radius 2 is 2.00 bits per heavy atom. The lowest BCUT2D eigenvalue weighted by atomic mass is 9.95. The Kier molecular flexibility index (Phi) is 6.90. The largest absolute Gasteiger partial charge is 0.482 e. The molecule has 0 heterocycles. The Bertz CT molecular complexity index is 568. The first-order valence-corrected chi connectivity index (χ1v) is 8.59. The van der Waals surface area contributed by atoms with Gasteiger partial charge < -0.3 is 20.5 Å². The van der Waals surface area contributed by atoms with Gasteiger partial charge in [0.1, 0.15) is 5.75 Å². The van der Waals surface area contributed by atoms with E-state index in [2.05, 4.69) is 5.32 Å². The van der Waals surface area contributed by atoms with Crippen molar-refractivity contribution in [3.8, 4) is 5.75 Å². The summed E-state index contributed by atoms with van der Waals surface area (Å²) < 4.78 is 10.6. The van der Waals surface area contributed by atoms with Crippen molar-refractivity contribution >= 4 is 17.6 Å². The minimum absolute atomic E-state index is 0.117. The molecule has 0 atom stereocenters. The van der Waals surface area contributed by atoms with Crippen LogP contribution >= 0.6 is 0 Å². The number of esters is 1. The molecule has 0 bridgehead atoms. The Morgan fingerprint density at radius 1 is 1.25 bits per heavy atom. The molecule has 132 valence electrons. The van der Waals surface area contributed by atoms with Crippen LogP contribution in [0, 0.1) is 0 Å². The molecule has 1 fully saturated rings. The van der Waals surface area contributed by atoms with Gasteiger partial charge in [-0.25, -0.2) is 4.79 Å². The summed E-state index contributed by atoms with van der Waals surface area (Å²) in [4.78, 5) is 23.9. The standard InChI is InChI=1S/C18H26N2O4/c1-2-10-23-18(22)13-8-9-15(19)16(11-13)24-12-17(21)20-14-6-4-3-5-7-14/h8-9,11,14H,2-7,10,12,19H2,1H3,(H,20,21). The van der Waals surface area contributed by atoms with Crippen molar-refractivity contribution < 1.29 is 19.1 Å². The number of ether oxygens (including phenoxy) is 2. The fourth-order valence-corrected chi connectivity index (χ4v) is 2.72. The summed E-state index contributed by atoms with van der Waals surface area (Å²) >= 11 is 0. The molecule has 1 aromatic rings. The number of rotatable bonds is 7. The third-order valence-corrected chi connectivity index (χ3v) is 4.02. The van der Waals surface area contributed by atoms with Crippen LogP contribution in [0.1, 0.15) is 55.8 Å². The molecule has 1 aliphatic rings. The number of hydrogen-bond donors (Lipinski definition) is 2. The quantitative estimate of drug-likeness (QED) is 0.591. The number of benzene rings is 1. The van der Waals surface area contributed by atoms with E-state index in [-0.39, 0.29) is 18.6 Å². The zero-order valence-corrected chi connectivity index (χ0v) is 14.2. The predicted molar refractivity (Wildman–Crippen MR) is 91.9 cm³/mol. The van der Waals surface area contributed by atoms with Crippen LogP contribution in [0.5, 0.6) is 5.75 Å². The van der Waals surface area contributed by atoms with Crippen molar-refractivity contribution in [2.24, 2.45) is 0 Å². The van der Waals surface area contributed by atoms with Gasteiger partial charge in [0, 0.05) is 6.04 Å². The van der Waals surface area contributed by atoms with Gasteiger partial charge in [0.15, 0.2) is 6.61 Å². The van der Waals surface area contributed by atoms with Gasteiger partial charge in [0.2, 0.25) is 0 Å². The molecule has 0 aliphatic heterocycles. The summed E-state index contributed by atoms with van der Waals surface area (Å²) in [6.07, 6.45) is 6.34. The average molecular weight is 334 g/mol. The van der Waals surface area contributed by atoms with Crippen LogP contribution < -0.4 is 15.8 Å². The molecule has 3 N–H and O–H groups in total. The van der Waals surface area contributed by atoms with Crippen LogP contribution in [0.15, 0.2) is 18.2 Å². The summed E-state index contributed by atoms with van der Waals surface area (Å²) in [5.41, 5.74) is 6.59. The van der Waals surface area contributed by atoms with Crippen LogP contribution in [-0.2, 0) is 9.53 Å². The van der Waals surface area contributed by atoms with Gasteiger partial charge in [-0.3, -0.25) is 4.79 Å². The first-order chi connectivity index (χ1) is 11.6. The van der Waals surface area contributed by atoms with E-state index in [9.17, 15) is 9.59 Å². The van der Waals surface area contributed by atoms with E-state index in [1.165, 1.54) is 12.5 Å². The van der Waals surface area contributed by atoms with Crippen molar-refractivity contribution in [3.63, 3.8) is 0 Å². The second-order valence-electron chi connectivity index (χ2n) is 6.08. The lowest BCUT2D eigenvalue weighted by molar-refractivity contribution is -0.124. The van der Waals surface area contributed by atoms with Crippen LogP contribution in [0.4, 0.5) is 5.69 Å². The summed E-state index contributed by atoms with van der Waals surface area (Å²) in [6, 6.07) is 4.92. The number of amides is 1. The van der Waals surface area contributed by atoms with Crippen molar-refractivity contribution in [1.82, 2.24) is 5.32 Å². The van der Waals surface area contributed by atoms with Gasteiger partial charge in [0.25, 0.3) is 5.91 Å². The molecule has 2 rings (SSSR count). The van der Waals surface area contributed by atoms with Crippen LogP contribution in [-0.4, -0.2) is 31.1 Å². The summed E-state index contributed by atoms with van der Waals surface area (Å²) in [7, 11) is 0. The van der Waals surface area contributed by atoms with Gasteiger partial charge in [-0.05, 0) is 37.5 Å². The molecule has 24 heavy (non-hydrogen) atoms. The molecule has 1 aliphatic carbocycles. The number of hydrogen-bond acceptors (Lipinski definition) is 5. The minimum Gasteiger partial charge on any atom is -0.482 e. The number of anilines is 1. The third kappa shape index (κ3) is 5.44. The zero-order chi connectivity index (χ0) is 17.4. The topological polar surface area (TPSA) is 90.7 Å². The molecule has 1 amide bonds. The van der Waals surface area contributed by atoms with E-state index < -0.39 is 5.97 Å². The predicted octanol–water partition coefficient (Wildman–Crippen LogP) is 2.66. The van der Waals surface area contributed by atoms with Gasteiger partial charge in [-0.2, -0.15) is 0 Å². The van der Waals surface area contributed by atoms with Crippen molar-refractivity contribution in [2.45, 2.75) is 51.5 Å². The second-order valence-corrected chi connectivity index (χ2v) is 6.08. The summed E-state index contributed by atoms with van der Waals surface area (Å²) in [5, 5.41) is 2.98. The van der Waals surface area contributed by atoms with Crippen LogP contribution in [0.2, 0.25) is 0 Å². The highest BCUT2D eigenvalue weighted by atomic mass is 16.5. The number of carbonyl (C=O) groups excluding carboxylic acids is 2. The maximum absolute atomic E-state index is 12.0. The molecular formula is C18H26N2O4. The highest BCUT2D eigenvalue weighted by Gasteiger charge is 2.16. The molecule has 0 radical (unpaired) electrons. The fourth-order valence-electron chi connectivity index (χ4n) is 2.72. The van der Waals surface area contributed by atoms with Gasteiger partial charge in [0.05, 0.1) is 17.9 Å². The highest BCUT2D eigenvalue weighted by molar-refractivity contribution is 5.90. The summed E-state index contributed by atoms with van der Waals surface area (Å²) in [6.45, 7) is 2.17. The lowest BCUT2D eigenvalue weighted by Crippen LogP contribution is -2.39. The van der Waals surface area contributed by atoms with E-state index >= 15 is 0 Å². The molecule has 0 unspecified atom stereocenters. The minimum atomic E-state index is -0.423. The Hall–Kier alpha value is -2.24. The SMILES string of the molecule is CCCOC(=O)c1ccc(N)c(OCC(=O)NC2CCCCC2)c1. The van der Waals surface area contributed by atoms with Crippen molar-refractivity contribution in [3.05, 3.63) is 23.8 Å². The van der Waals surface area contributed by atoms with Crippen molar-refractivity contribution in [2.75, 3.05) is 18.9 Å². The molecule has 6 nitrogen and oxygen atoms in total. The van der Waals surface area contributed by atoms with E-state index in [0.29, 0.717) is 23.6 Å². The normalized spacial score (nSPS) is 14.9. The average Bonchev–Trinajstić information content (AvgIpc) is 2.59. The maximum Gasteiger partial charge on any atom is 0.338 e. The van der Waals surface area contributed by atoms with Gasteiger partial charge in [-0.1, -0.05) is 26.2 Å². The number of nitrogen functional groups attached to an aromatic ring is 1. The van der Waals surface area contributed by atoms with Crippen LogP contribution in [0.25, 0.3) is 0 Å². The summed E-state index contributed by atoms with van der Waals surface area (Å²) in [5.74, 6) is -0.270. The van der Waals surface area contributed by atoms with E-state index in [1.54, 1.807) is 12.1 Å². The molecule has 1 saturated carbocycles. The number of nitrogens with two attached hydrogens (primary N) is 1. The molecule has 0 aromatic heterocycles. The highest BCUT2D eigenvalue weighted by Crippen LogP contribution is 2.23. The van der Waals surface area contributed by atoms with Gasteiger partial charge >= 0.3 is 5.97 Å². The molecular weight excluding hydrogens is 308 g/mol. The fraction of sp³-hybridized carbons (Fsp3) is 0.556. The first kappa shape index (κ1) is 18.1. The van der Waals surface area contributed by atoms with Gasteiger partial charge in [-0.15, -0.1) is 0 Å². The Labute approximate surface area is 142 Å². The lowest BCUT2D eigenvalue weighted by Gasteiger charge is -2.22. The van der Waals surface area contributed by atoms with E-state index in [0.717, 1.165) is 32.1 Å². The zero-order valence-electron chi connectivity index (χ0n) is 14.2. The molecule has 6 heteroatoms. The monoisotopic (exact) mass is 334 g/mol. The Balaban J connectivity index is 1.88. The second kappa shape index (κ2) is 9.15. The molecule has 0 saturated heterocycles. The Morgan fingerprint density at radius 3 is 2.71 bits per heavy atom. The van der Waals surface area contributed by atoms with E-state index in [4.69, 9.17) is 15.2 Å². The maximum atomic E-state index is 12.0. The van der Waals surface area contributed by atoms with E-state index in [1.807, 2.05) is 6.92 Å². The smallest absolute Gasteiger partial charge is 0.338 e. The van der Waals surface area contributed by atoms with Crippen LogP contribution in [0.3, 0.4) is 0 Å². The third-order valence-electron chi connectivity index (χ3n) is 4.02. The molecule has 0 spiro atoms. The first-order valence-electron chi connectivity index (χ1n) is 8.59. The number of carbonyl (C=O) groups is 2. The molecule has 1 aromatic carbocycles. The number of nitrogens with one attached hydrogen (secondary N) is 1.